The Morgan fingerprint density at radius 3 is 2.23 bits per heavy atom. The normalized spacial score (nSPS) is 11.1. The maximum atomic E-state index is 13.7. The molecular formula is C29H26Cl2N2O5S. The van der Waals surface area contributed by atoms with Gasteiger partial charge in [0.25, 0.3) is 10.0 Å². The van der Waals surface area contributed by atoms with E-state index in [0.717, 1.165) is 15.4 Å². The maximum absolute atomic E-state index is 13.7. The van der Waals surface area contributed by atoms with E-state index in [1.807, 2.05) is 6.92 Å². The van der Waals surface area contributed by atoms with E-state index in [1.54, 1.807) is 67.6 Å². The molecule has 1 amide bonds. The lowest BCUT2D eigenvalue weighted by Gasteiger charge is -2.25. The molecule has 0 unspecified atom stereocenters. The van der Waals surface area contributed by atoms with Crippen molar-refractivity contribution in [2.45, 2.75) is 18.7 Å². The molecule has 0 aliphatic heterocycles. The van der Waals surface area contributed by atoms with E-state index in [-0.39, 0.29) is 16.3 Å². The van der Waals surface area contributed by atoms with Gasteiger partial charge in [0, 0.05) is 10.0 Å². The molecule has 0 aliphatic carbocycles. The molecule has 1 N–H and O–H groups in total. The van der Waals surface area contributed by atoms with E-state index in [0.29, 0.717) is 27.3 Å². The Balaban J connectivity index is 1.67. The Bertz CT molecular complexity index is 1610. The molecule has 0 saturated carbocycles. The summed E-state index contributed by atoms with van der Waals surface area (Å²) in [5.41, 5.74) is 2.18. The molecule has 10 heteroatoms. The van der Waals surface area contributed by atoms with Crippen LogP contribution in [0, 0.1) is 13.8 Å². The zero-order chi connectivity index (χ0) is 28.2. The molecule has 0 aromatic heterocycles. The third-order valence-corrected chi connectivity index (χ3v) is 8.27. The number of sulfonamides is 1. The maximum Gasteiger partial charge on any atom is 0.264 e. The minimum atomic E-state index is -4.12. The quantitative estimate of drug-likeness (QED) is 0.224. The molecule has 0 radical (unpaired) electrons. The summed E-state index contributed by atoms with van der Waals surface area (Å²) in [6, 6.07) is 23.0. The number of carbonyl (C=O) groups excluding carboxylic acids is 1. The van der Waals surface area contributed by atoms with Gasteiger partial charge in [0.1, 0.15) is 6.54 Å². The molecule has 7 nitrogen and oxygen atoms in total. The molecule has 4 aromatic carbocycles. The standard InChI is InChI=1S/C29H26Cl2N2O5S/c1-19-8-13-23(14-9-19)39(35,36)33(22-12-10-20(2)24(31)17-22)18-29(34)32-25-16-21(30)11-15-26(25)38-28-7-5-4-6-27(28)37-3/h4-17H,18H2,1-3H3,(H,32,34). The third kappa shape index (κ3) is 6.65. The lowest BCUT2D eigenvalue weighted by molar-refractivity contribution is -0.114. The number of aryl methyl sites for hydroxylation is 2. The first-order chi connectivity index (χ1) is 18.6. The number of benzene rings is 4. The number of ether oxygens (including phenoxy) is 2. The number of hydrogen-bond donors (Lipinski definition) is 1. The smallest absolute Gasteiger partial charge is 0.264 e. The van der Waals surface area contributed by atoms with Crippen molar-refractivity contribution in [3.8, 4) is 17.2 Å². The number of nitrogens with one attached hydrogen (secondary N) is 1. The van der Waals surface area contributed by atoms with Crippen LogP contribution in [0.5, 0.6) is 17.2 Å². The molecule has 0 heterocycles. The van der Waals surface area contributed by atoms with Crippen molar-refractivity contribution < 1.29 is 22.7 Å². The Kier molecular flexibility index (Phi) is 8.70. The van der Waals surface area contributed by atoms with E-state index in [1.165, 1.54) is 31.4 Å². The van der Waals surface area contributed by atoms with Crippen molar-refractivity contribution in [1.29, 1.82) is 0 Å². The van der Waals surface area contributed by atoms with Gasteiger partial charge < -0.3 is 14.8 Å². The van der Waals surface area contributed by atoms with Gasteiger partial charge in [-0.3, -0.25) is 9.10 Å². The number of nitrogens with zero attached hydrogens (tertiary/aromatic N) is 1. The zero-order valence-electron chi connectivity index (χ0n) is 21.4. The number of rotatable bonds is 9. The summed E-state index contributed by atoms with van der Waals surface area (Å²) in [6.45, 7) is 3.13. The topological polar surface area (TPSA) is 84.9 Å². The lowest BCUT2D eigenvalue weighted by atomic mass is 10.2. The van der Waals surface area contributed by atoms with E-state index >= 15 is 0 Å². The Labute approximate surface area is 237 Å². The van der Waals surface area contributed by atoms with Crippen LogP contribution in [0.25, 0.3) is 0 Å². The summed E-state index contributed by atoms with van der Waals surface area (Å²) in [5, 5.41) is 3.47. The van der Waals surface area contributed by atoms with Crippen LogP contribution >= 0.6 is 23.2 Å². The first-order valence-corrected chi connectivity index (χ1v) is 14.0. The highest BCUT2D eigenvalue weighted by Gasteiger charge is 2.28. The minimum Gasteiger partial charge on any atom is -0.493 e. The second kappa shape index (κ2) is 12.0. The van der Waals surface area contributed by atoms with Crippen LogP contribution in [-0.4, -0.2) is 28.0 Å². The molecule has 4 aromatic rings. The number of halogens is 2. The van der Waals surface area contributed by atoms with Gasteiger partial charge in [0.05, 0.1) is 23.4 Å². The fourth-order valence-electron chi connectivity index (χ4n) is 3.72. The van der Waals surface area contributed by atoms with Gasteiger partial charge in [-0.25, -0.2) is 8.42 Å². The van der Waals surface area contributed by atoms with Gasteiger partial charge in [-0.15, -0.1) is 0 Å². The number of methoxy groups -OCH3 is 1. The number of hydrogen-bond acceptors (Lipinski definition) is 5. The molecule has 0 fully saturated rings. The van der Waals surface area contributed by atoms with E-state index in [4.69, 9.17) is 32.7 Å². The predicted octanol–water partition coefficient (Wildman–Crippen LogP) is 7.25. The fraction of sp³-hybridized carbons (Fsp3) is 0.138. The summed E-state index contributed by atoms with van der Waals surface area (Å²) in [6.07, 6.45) is 0. The zero-order valence-corrected chi connectivity index (χ0v) is 23.8. The van der Waals surface area contributed by atoms with Gasteiger partial charge in [-0.05, 0) is 74.0 Å². The van der Waals surface area contributed by atoms with E-state index in [9.17, 15) is 13.2 Å². The van der Waals surface area contributed by atoms with Gasteiger partial charge in [-0.2, -0.15) is 0 Å². The summed E-state index contributed by atoms with van der Waals surface area (Å²) < 4.78 is 39.8. The second-order valence-electron chi connectivity index (χ2n) is 8.70. The number of carbonyl (C=O) groups is 1. The van der Waals surface area contributed by atoms with Crippen molar-refractivity contribution in [2.24, 2.45) is 0 Å². The molecule has 0 saturated heterocycles. The Morgan fingerprint density at radius 1 is 0.872 bits per heavy atom. The van der Waals surface area contributed by atoms with Crippen molar-refractivity contribution in [3.05, 3.63) is 106 Å². The third-order valence-electron chi connectivity index (χ3n) is 5.84. The monoisotopic (exact) mass is 584 g/mol. The van der Waals surface area contributed by atoms with Crippen LogP contribution in [0.15, 0.2) is 89.8 Å². The number of anilines is 2. The average Bonchev–Trinajstić information content (AvgIpc) is 2.91. The molecule has 39 heavy (non-hydrogen) atoms. The average molecular weight is 586 g/mol. The molecule has 0 spiro atoms. The van der Waals surface area contributed by atoms with Crippen LogP contribution in [0.1, 0.15) is 11.1 Å². The molecule has 0 atom stereocenters. The largest absolute Gasteiger partial charge is 0.493 e. The van der Waals surface area contributed by atoms with Gasteiger partial charge in [-0.1, -0.05) is 59.1 Å². The highest BCUT2D eigenvalue weighted by atomic mass is 35.5. The van der Waals surface area contributed by atoms with Crippen LogP contribution in [0.4, 0.5) is 11.4 Å². The molecule has 0 aliphatic rings. The van der Waals surface area contributed by atoms with Gasteiger partial charge in [0.15, 0.2) is 17.2 Å². The summed E-state index contributed by atoms with van der Waals surface area (Å²) in [5.74, 6) is 0.602. The van der Waals surface area contributed by atoms with E-state index < -0.39 is 22.5 Å². The van der Waals surface area contributed by atoms with Gasteiger partial charge >= 0.3 is 0 Å². The lowest BCUT2D eigenvalue weighted by Crippen LogP contribution is -2.38. The highest BCUT2D eigenvalue weighted by Crippen LogP contribution is 2.36. The highest BCUT2D eigenvalue weighted by molar-refractivity contribution is 7.92. The minimum absolute atomic E-state index is 0.0422. The summed E-state index contributed by atoms with van der Waals surface area (Å²) in [4.78, 5) is 13.4. The number of amides is 1. The molecule has 0 bridgehead atoms. The predicted molar refractivity (Wildman–Crippen MR) is 155 cm³/mol. The molecule has 4 rings (SSSR count). The molecule has 202 valence electrons. The summed E-state index contributed by atoms with van der Waals surface area (Å²) >= 11 is 12.5. The second-order valence-corrected chi connectivity index (χ2v) is 11.4. The fourth-order valence-corrected chi connectivity index (χ4v) is 5.48. The summed E-state index contributed by atoms with van der Waals surface area (Å²) in [7, 11) is -2.60. The number of para-hydroxylation sites is 2. The van der Waals surface area contributed by atoms with Gasteiger partial charge in [0.2, 0.25) is 5.91 Å². The van der Waals surface area contributed by atoms with Crippen LogP contribution < -0.4 is 19.1 Å². The first kappa shape index (κ1) is 28.3. The molecular weight excluding hydrogens is 559 g/mol. The van der Waals surface area contributed by atoms with Crippen molar-refractivity contribution in [2.75, 3.05) is 23.3 Å². The van der Waals surface area contributed by atoms with Crippen LogP contribution in [0.2, 0.25) is 10.0 Å². The van der Waals surface area contributed by atoms with Crippen LogP contribution in [-0.2, 0) is 14.8 Å². The van der Waals surface area contributed by atoms with Crippen molar-refractivity contribution >= 4 is 50.5 Å². The first-order valence-electron chi connectivity index (χ1n) is 11.8. The SMILES string of the molecule is COc1ccccc1Oc1ccc(Cl)cc1NC(=O)CN(c1ccc(C)c(Cl)c1)S(=O)(=O)c1ccc(C)cc1. The van der Waals surface area contributed by atoms with Crippen LogP contribution in [0.3, 0.4) is 0 Å². The Morgan fingerprint density at radius 2 is 1.56 bits per heavy atom. The van der Waals surface area contributed by atoms with Crippen molar-refractivity contribution in [1.82, 2.24) is 0 Å². The van der Waals surface area contributed by atoms with E-state index in [2.05, 4.69) is 5.32 Å². The Hall–Kier alpha value is -3.72. The van der Waals surface area contributed by atoms with Crippen molar-refractivity contribution in [3.63, 3.8) is 0 Å².